The average molecular weight is 633 g/mol. The van der Waals surface area contributed by atoms with Gasteiger partial charge in [-0.1, -0.05) is 20.8 Å². The Morgan fingerprint density at radius 1 is 1.14 bits per heavy atom. The van der Waals surface area contributed by atoms with Crippen LogP contribution in [0.25, 0.3) is 0 Å². The summed E-state index contributed by atoms with van der Waals surface area (Å²) in [6, 6.07) is -4.87. The van der Waals surface area contributed by atoms with E-state index in [4.69, 9.17) is 0 Å². The lowest BCUT2D eigenvalue weighted by Crippen LogP contribution is -2.60. The van der Waals surface area contributed by atoms with Crippen LogP contribution in [-0.4, -0.2) is 86.5 Å². The number of alkyl halides is 5. The summed E-state index contributed by atoms with van der Waals surface area (Å²) in [5, 5.41) is 4.95. The minimum Gasteiger partial charge on any atom is -0.356 e. The van der Waals surface area contributed by atoms with Gasteiger partial charge in [-0.2, -0.15) is 17.6 Å². The van der Waals surface area contributed by atoms with E-state index in [9.17, 15) is 53.9 Å². The summed E-state index contributed by atoms with van der Waals surface area (Å²) in [5.74, 6) is -11.0. The number of nitrogens with one attached hydrogen (secondary N) is 3. The van der Waals surface area contributed by atoms with E-state index in [1.165, 1.54) is 20.8 Å². The summed E-state index contributed by atoms with van der Waals surface area (Å²) in [4.78, 5) is 52.0. The fraction of sp³-hybridized carbons (Fsp3) is 0.760. The van der Waals surface area contributed by atoms with Crippen molar-refractivity contribution in [2.24, 2.45) is 23.2 Å². The van der Waals surface area contributed by atoms with Crippen molar-refractivity contribution in [2.45, 2.75) is 76.7 Å². The van der Waals surface area contributed by atoms with Crippen LogP contribution in [0.1, 0.15) is 46.5 Å². The van der Waals surface area contributed by atoms with Crippen molar-refractivity contribution in [3.8, 4) is 0 Å². The number of hydrogen-bond acceptors (Lipinski definition) is 6. The molecule has 3 rings (SSSR count). The maximum atomic E-state index is 14.5. The molecule has 2 aliphatic heterocycles. The van der Waals surface area contributed by atoms with Crippen LogP contribution in [0, 0.1) is 23.2 Å². The van der Waals surface area contributed by atoms with Crippen LogP contribution >= 0.6 is 0 Å². The summed E-state index contributed by atoms with van der Waals surface area (Å²) in [6.07, 6.45) is -5.67. The monoisotopic (exact) mass is 632 g/mol. The summed E-state index contributed by atoms with van der Waals surface area (Å²) in [5.41, 5.74) is -1.31. The molecule has 6 atom stereocenters. The molecule has 1 saturated carbocycles. The van der Waals surface area contributed by atoms with Crippen molar-refractivity contribution in [3.05, 3.63) is 11.2 Å². The number of sulfone groups is 1. The van der Waals surface area contributed by atoms with Crippen LogP contribution in [0.15, 0.2) is 11.2 Å². The highest BCUT2D eigenvalue weighted by atomic mass is 32.2. The Balaban J connectivity index is 1.97. The number of fused-ring (bicyclic) bond motifs is 1. The molecule has 2 heterocycles. The Morgan fingerprint density at radius 3 is 2.26 bits per heavy atom. The van der Waals surface area contributed by atoms with E-state index >= 15 is 0 Å². The zero-order valence-electron chi connectivity index (χ0n) is 23.4. The highest BCUT2D eigenvalue weighted by molar-refractivity contribution is 7.94. The fourth-order valence-electron chi connectivity index (χ4n) is 5.78. The van der Waals surface area contributed by atoms with E-state index in [-0.39, 0.29) is 19.4 Å². The van der Waals surface area contributed by atoms with E-state index in [1.807, 2.05) is 0 Å². The first kappa shape index (κ1) is 33.6. The van der Waals surface area contributed by atoms with Gasteiger partial charge in [-0.15, -0.1) is 0 Å². The number of carbonyl (C=O) groups excluding carboxylic acids is 4. The van der Waals surface area contributed by atoms with E-state index < -0.39 is 111 Å². The maximum absolute atomic E-state index is 14.5. The third kappa shape index (κ3) is 7.75. The first-order valence-electron chi connectivity index (χ1n) is 13.2. The average Bonchev–Trinajstić information content (AvgIpc) is 3.45. The second-order valence-corrected chi connectivity index (χ2v) is 14.2. The van der Waals surface area contributed by atoms with Gasteiger partial charge in [-0.3, -0.25) is 19.2 Å². The number of nitrogens with zero attached hydrogens (tertiary/aromatic N) is 1. The van der Waals surface area contributed by atoms with E-state index in [0.717, 1.165) is 4.90 Å². The molecule has 3 N–H and O–H groups in total. The zero-order chi connectivity index (χ0) is 32.0. The normalized spacial score (nSPS) is 27.7. The van der Waals surface area contributed by atoms with Gasteiger partial charge >= 0.3 is 12.1 Å². The van der Waals surface area contributed by atoms with Crippen molar-refractivity contribution >= 4 is 33.5 Å². The molecule has 42 heavy (non-hydrogen) atoms. The number of hydrogen-bond donors (Lipinski definition) is 3. The molecule has 2 saturated heterocycles. The van der Waals surface area contributed by atoms with Gasteiger partial charge in [0.05, 0.1) is 6.04 Å². The van der Waals surface area contributed by atoms with E-state index in [0.29, 0.717) is 12.3 Å². The highest BCUT2D eigenvalue weighted by Gasteiger charge is 2.59. The molecule has 0 radical (unpaired) electrons. The first-order chi connectivity index (χ1) is 19.0. The zero-order valence-corrected chi connectivity index (χ0v) is 24.2. The second-order valence-electron chi connectivity index (χ2n) is 12.3. The van der Waals surface area contributed by atoms with Crippen molar-refractivity contribution in [1.82, 2.24) is 20.9 Å². The van der Waals surface area contributed by atoms with Crippen molar-refractivity contribution < 1.29 is 53.9 Å². The second kappa shape index (κ2) is 11.7. The minimum absolute atomic E-state index is 0.252. The largest absolute Gasteiger partial charge is 0.471 e. The van der Waals surface area contributed by atoms with Gasteiger partial charge in [0.1, 0.15) is 12.1 Å². The Kier molecular flexibility index (Phi) is 9.36. The van der Waals surface area contributed by atoms with Crippen LogP contribution < -0.4 is 16.0 Å². The molecule has 1 aliphatic carbocycles. The standard InChI is InChI=1S/C25H34F6N4O6S/c1-23(2,3)18(34-22(39)25(29,30)31)21(38)35-11-13-9-24(27,28)10-15(13)17(35)20(37)33-14(8-16(26)42(4,40)41)7-12-5-6-32-19(12)36/h8,12-15,17-18H,5-7,9-11H2,1-4H3,(H,32,36)(H,33,37)(H,34,39)/b16-8-/t12-,13-,14+,15-,17+,18+/m0/s1. The lowest BCUT2D eigenvalue weighted by atomic mass is 9.85. The van der Waals surface area contributed by atoms with E-state index in [1.54, 1.807) is 5.32 Å². The Bertz CT molecular complexity index is 1250. The molecule has 0 aromatic heterocycles. The van der Waals surface area contributed by atoms with Crippen LogP contribution in [0.3, 0.4) is 0 Å². The third-order valence-corrected chi connectivity index (χ3v) is 8.63. The Morgan fingerprint density at radius 2 is 1.76 bits per heavy atom. The molecule has 17 heteroatoms. The highest BCUT2D eigenvalue weighted by Crippen LogP contribution is 2.50. The molecule has 0 bridgehead atoms. The molecule has 0 aromatic carbocycles. The van der Waals surface area contributed by atoms with Gasteiger partial charge in [0.15, 0.2) is 0 Å². The van der Waals surface area contributed by atoms with Crippen molar-refractivity contribution in [3.63, 3.8) is 0 Å². The van der Waals surface area contributed by atoms with Crippen molar-refractivity contribution in [2.75, 3.05) is 19.3 Å². The third-order valence-electron chi connectivity index (χ3n) is 7.79. The molecule has 10 nitrogen and oxygen atoms in total. The molecule has 0 aromatic rings. The van der Waals surface area contributed by atoms with Gasteiger partial charge in [-0.05, 0) is 36.2 Å². The van der Waals surface area contributed by atoms with Gasteiger partial charge in [0, 0.05) is 38.1 Å². The fourth-order valence-corrected chi connectivity index (χ4v) is 6.19. The predicted molar refractivity (Wildman–Crippen MR) is 136 cm³/mol. The Labute approximate surface area is 238 Å². The summed E-state index contributed by atoms with van der Waals surface area (Å²) < 4.78 is 106. The molecular weight excluding hydrogens is 598 g/mol. The van der Waals surface area contributed by atoms with Crippen LogP contribution in [0.4, 0.5) is 26.3 Å². The quantitative estimate of drug-likeness (QED) is 0.349. The number of likely N-dealkylation sites (tertiary alicyclic amines) is 1. The molecular formula is C25H34F6N4O6S. The topological polar surface area (TPSA) is 142 Å². The molecule has 3 aliphatic rings. The lowest BCUT2D eigenvalue weighted by molar-refractivity contribution is -0.176. The lowest BCUT2D eigenvalue weighted by Gasteiger charge is -2.37. The van der Waals surface area contributed by atoms with Gasteiger partial charge in [0.25, 0.3) is 0 Å². The molecule has 238 valence electrons. The van der Waals surface area contributed by atoms with Crippen LogP contribution in [0.5, 0.6) is 0 Å². The molecule has 0 unspecified atom stereocenters. The number of amides is 4. The first-order valence-corrected chi connectivity index (χ1v) is 15.1. The Hall–Kier alpha value is -2.85. The van der Waals surface area contributed by atoms with Gasteiger partial charge in [-0.25, -0.2) is 17.2 Å². The van der Waals surface area contributed by atoms with Crippen molar-refractivity contribution in [1.29, 1.82) is 0 Å². The summed E-state index contributed by atoms with van der Waals surface area (Å²) in [6.45, 7) is 3.97. The predicted octanol–water partition coefficient (Wildman–Crippen LogP) is 1.82. The smallest absolute Gasteiger partial charge is 0.356 e. The summed E-state index contributed by atoms with van der Waals surface area (Å²) in [7, 11) is -4.36. The van der Waals surface area contributed by atoms with Gasteiger partial charge < -0.3 is 20.9 Å². The minimum atomic E-state index is -5.33. The number of rotatable bonds is 8. The number of halogens is 6. The SMILES string of the molecule is CC(C)(C)[C@H](NC(=O)C(F)(F)F)C(=O)N1C[C@@H]2CC(F)(F)C[C@@H]2[C@@H]1C(=O)N[C@@H](/C=C(/F)S(C)(=O)=O)C[C@@H]1CCNC1=O. The molecule has 4 amide bonds. The van der Waals surface area contributed by atoms with Crippen LogP contribution in [0.2, 0.25) is 0 Å². The van der Waals surface area contributed by atoms with Gasteiger partial charge in [0.2, 0.25) is 38.6 Å². The van der Waals surface area contributed by atoms with Crippen LogP contribution in [-0.2, 0) is 29.0 Å². The molecule has 3 fully saturated rings. The maximum Gasteiger partial charge on any atom is 0.471 e. The van der Waals surface area contributed by atoms with E-state index in [2.05, 4.69) is 10.6 Å². The molecule has 0 spiro atoms. The summed E-state index contributed by atoms with van der Waals surface area (Å²) >= 11 is 0. The number of carbonyl (C=O) groups is 4.